The van der Waals surface area contributed by atoms with E-state index in [1.165, 1.54) is 10.8 Å². The van der Waals surface area contributed by atoms with Gasteiger partial charge in [-0.2, -0.15) is 0 Å². The van der Waals surface area contributed by atoms with Crippen molar-refractivity contribution in [2.24, 2.45) is 0 Å². The average Bonchev–Trinajstić information content (AvgIpc) is 2.53. The summed E-state index contributed by atoms with van der Waals surface area (Å²) in [6.45, 7) is 6.38. The van der Waals surface area contributed by atoms with Crippen molar-refractivity contribution in [3.8, 4) is 5.75 Å². The van der Waals surface area contributed by atoms with Crippen molar-refractivity contribution >= 4 is 19.0 Å². The minimum Gasteiger partial charge on any atom is -0.497 e. The summed E-state index contributed by atoms with van der Waals surface area (Å²) in [5.41, 5.74) is 1.51. The molecule has 0 fully saturated rings. The van der Waals surface area contributed by atoms with E-state index in [-0.39, 0.29) is 11.3 Å². The van der Waals surface area contributed by atoms with Gasteiger partial charge in [0.2, 0.25) is 0 Å². The molecule has 0 unspecified atom stereocenters. The zero-order valence-corrected chi connectivity index (χ0v) is 14.8. The number of hydrogen-bond acceptors (Lipinski definition) is 2. The number of carbonyl (C=O) groups is 1. The van der Waals surface area contributed by atoms with Gasteiger partial charge in [0.1, 0.15) is 11.5 Å². The molecule has 2 rings (SSSR count). The maximum atomic E-state index is 11.8. The molecule has 1 atom stereocenters. The summed E-state index contributed by atoms with van der Waals surface area (Å²) in [6, 6.07) is 18.8. The number of carbonyl (C=O) groups excluding carboxylic acids is 1. The fourth-order valence-electron chi connectivity index (χ4n) is 2.98. The predicted molar refractivity (Wildman–Crippen MR) is 94.6 cm³/mol. The number of hydrogen-bond donors (Lipinski definition) is 0. The van der Waals surface area contributed by atoms with E-state index in [0.29, 0.717) is 6.42 Å². The summed E-state index contributed by atoms with van der Waals surface area (Å²) in [7, 11) is -0.130. The number of ketones is 1. The molecule has 22 heavy (non-hydrogen) atoms. The van der Waals surface area contributed by atoms with Crippen molar-refractivity contribution in [2.75, 3.05) is 7.11 Å². The van der Waals surface area contributed by atoms with Crippen LogP contribution in [0.4, 0.5) is 0 Å². The molecule has 0 bridgehead atoms. The fourth-order valence-corrected chi connectivity index (χ4v) is 6.26. The zero-order valence-electron chi connectivity index (χ0n) is 13.8. The Morgan fingerprint density at radius 1 is 1.05 bits per heavy atom. The second kappa shape index (κ2) is 6.92. The van der Waals surface area contributed by atoms with E-state index in [0.717, 1.165) is 5.75 Å². The van der Waals surface area contributed by atoms with Gasteiger partial charge in [0.25, 0.3) is 0 Å². The van der Waals surface area contributed by atoms with E-state index >= 15 is 0 Å². The van der Waals surface area contributed by atoms with Gasteiger partial charge in [-0.15, -0.1) is 0 Å². The third kappa shape index (κ3) is 3.66. The highest BCUT2D eigenvalue weighted by Gasteiger charge is 2.35. The number of methoxy groups -OCH3 is 1. The molecule has 0 amide bonds. The molecule has 0 aliphatic carbocycles. The number of rotatable bonds is 6. The first-order valence-corrected chi connectivity index (χ1v) is 10.7. The molecule has 0 radical (unpaired) electrons. The van der Waals surface area contributed by atoms with Gasteiger partial charge < -0.3 is 9.53 Å². The lowest BCUT2D eigenvalue weighted by Gasteiger charge is -2.33. The SMILES string of the molecule is COc1ccc([C@H](CC(C)=O)[Si](C)(C)c2ccccc2)cc1. The number of Topliss-reactive ketones (excluding diaryl/α,β-unsaturated/α-hetero) is 1. The van der Waals surface area contributed by atoms with Crippen LogP contribution < -0.4 is 9.92 Å². The smallest absolute Gasteiger partial charge is 0.130 e. The van der Waals surface area contributed by atoms with Gasteiger partial charge in [-0.05, 0) is 30.2 Å². The lowest BCUT2D eigenvalue weighted by Crippen LogP contribution is -2.48. The summed E-state index contributed by atoms with van der Waals surface area (Å²) in [5, 5.41) is 1.39. The normalized spacial score (nSPS) is 12.7. The molecule has 0 spiro atoms. The molecule has 0 saturated heterocycles. The molecule has 0 saturated carbocycles. The second-order valence-corrected chi connectivity index (χ2v) is 11.0. The van der Waals surface area contributed by atoms with Crippen LogP contribution in [0.25, 0.3) is 0 Å². The number of benzene rings is 2. The molecule has 0 aliphatic heterocycles. The van der Waals surface area contributed by atoms with E-state index in [1.807, 2.05) is 18.2 Å². The third-order valence-electron chi connectivity index (χ3n) is 4.40. The van der Waals surface area contributed by atoms with Crippen LogP contribution in [-0.4, -0.2) is 21.0 Å². The van der Waals surface area contributed by atoms with Crippen molar-refractivity contribution in [1.29, 1.82) is 0 Å². The van der Waals surface area contributed by atoms with Crippen molar-refractivity contribution in [1.82, 2.24) is 0 Å². The average molecular weight is 312 g/mol. The van der Waals surface area contributed by atoms with Crippen LogP contribution in [0.15, 0.2) is 54.6 Å². The second-order valence-electron chi connectivity index (χ2n) is 6.32. The fraction of sp³-hybridized carbons (Fsp3) is 0.316. The molecular formula is C19H24O2Si. The van der Waals surface area contributed by atoms with Crippen LogP contribution in [0.3, 0.4) is 0 Å². The lowest BCUT2D eigenvalue weighted by molar-refractivity contribution is -0.117. The van der Waals surface area contributed by atoms with Gasteiger partial charge >= 0.3 is 0 Å². The summed E-state index contributed by atoms with van der Waals surface area (Å²) in [5.74, 6) is 1.10. The Labute approximate surface area is 134 Å². The minimum atomic E-state index is -1.80. The summed E-state index contributed by atoms with van der Waals surface area (Å²) in [4.78, 5) is 11.8. The maximum Gasteiger partial charge on any atom is 0.130 e. The molecule has 0 heterocycles. The minimum absolute atomic E-state index is 0.248. The summed E-state index contributed by atoms with van der Waals surface area (Å²) < 4.78 is 5.24. The van der Waals surface area contributed by atoms with Crippen LogP contribution in [0.5, 0.6) is 5.75 Å². The van der Waals surface area contributed by atoms with Gasteiger partial charge in [0.15, 0.2) is 0 Å². The van der Waals surface area contributed by atoms with Crippen molar-refractivity contribution < 1.29 is 9.53 Å². The first kappa shape index (κ1) is 16.5. The first-order valence-electron chi connectivity index (χ1n) is 7.64. The lowest BCUT2D eigenvalue weighted by atomic mass is 10.1. The Morgan fingerprint density at radius 3 is 2.14 bits per heavy atom. The van der Waals surface area contributed by atoms with Crippen molar-refractivity contribution in [2.45, 2.75) is 32.0 Å². The van der Waals surface area contributed by atoms with E-state index in [2.05, 4.69) is 49.5 Å². The molecule has 0 aliphatic rings. The Balaban J connectivity index is 2.42. The van der Waals surface area contributed by atoms with Crippen LogP contribution >= 0.6 is 0 Å². The Morgan fingerprint density at radius 2 is 1.64 bits per heavy atom. The Kier molecular flexibility index (Phi) is 5.19. The highest BCUT2D eigenvalue weighted by molar-refractivity contribution is 6.91. The van der Waals surface area contributed by atoms with Crippen LogP contribution in [0.2, 0.25) is 13.1 Å². The van der Waals surface area contributed by atoms with Crippen LogP contribution in [-0.2, 0) is 4.79 Å². The monoisotopic (exact) mass is 312 g/mol. The highest BCUT2D eigenvalue weighted by atomic mass is 28.3. The molecule has 2 nitrogen and oxygen atoms in total. The van der Waals surface area contributed by atoms with E-state index < -0.39 is 8.07 Å². The molecule has 2 aromatic carbocycles. The van der Waals surface area contributed by atoms with Gasteiger partial charge in [0, 0.05) is 6.42 Å². The van der Waals surface area contributed by atoms with E-state index in [4.69, 9.17) is 4.74 Å². The van der Waals surface area contributed by atoms with Gasteiger partial charge in [0.05, 0.1) is 15.2 Å². The highest BCUT2D eigenvalue weighted by Crippen LogP contribution is 2.31. The van der Waals surface area contributed by atoms with Gasteiger partial charge in [-0.3, -0.25) is 0 Å². The molecule has 0 N–H and O–H groups in total. The van der Waals surface area contributed by atoms with Gasteiger partial charge in [-0.1, -0.05) is 60.7 Å². The summed E-state index contributed by atoms with van der Waals surface area (Å²) in [6.07, 6.45) is 0.598. The maximum absolute atomic E-state index is 11.8. The molecule has 0 aromatic heterocycles. The summed E-state index contributed by atoms with van der Waals surface area (Å²) >= 11 is 0. The van der Waals surface area contributed by atoms with E-state index in [9.17, 15) is 4.79 Å². The Bertz CT molecular complexity index is 618. The molecule has 3 heteroatoms. The Hall–Kier alpha value is -1.87. The predicted octanol–water partition coefficient (Wildman–Crippen LogP) is 3.91. The first-order chi connectivity index (χ1) is 10.4. The van der Waals surface area contributed by atoms with Crippen LogP contribution in [0, 0.1) is 0 Å². The molecular weight excluding hydrogens is 288 g/mol. The van der Waals surface area contributed by atoms with Crippen LogP contribution in [0.1, 0.15) is 24.4 Å². The molecule has 2 aromatic rings. The standard InChI is InChI=1S/C19H24O2Si/c1-15(20)14-19(16-10-12-17(21-2)13-11-16)22(3,4)18-8-6-5-7-9-18/h5-13,19H,14H2,1-4H3/t19-/m0/s1. The van der Waals surface area contributed by atoms with Gasteiger partial charge in [-0.25, -0.2) is 0 Å². The number of ether oxygens (including phenoxy) is 1. The zero-order chi connectivity index (χ0) is 16.2. The van der Waals surface area contributed by atoms with E-state index in [1.54, 1.807) is 14.0 Å². The largest absolute Gasteiger partial charge is 0.497 e. The topological polar surface area (TPSA) is 26.3 Å². The van der Waals surface area contributed by atoms with Crippen molar-refractivity contribution in [3.63, 3.8) is 0 Å². The van der Waals surface area contributed by atoms with Crippen molar-refractivity contribution in [3.05, 3.63) is 60.2 Å². The third-order valence-corrected chi connectivity index (χ3v) is 8.50. The molecule has 116 valence electrons. The quantitative estimate of drug-likeness (QED) is 0.756.